The van der Waals surface area contributed by atoms with E-state index in [9.17, 15) is 13.2 Å². The molecule has 1 radical (unpaired) electrons. The van der Waals surface area contributed by atoms with Crippen molar-refractivity contribution in [1.82, 2.24) is 5.32 Å². The van der Waals surface area contributed by atoms with Gasteiger partial charge in [0.2, 0.25) is 0 Å². The van der Waals surface area contributed by atoms with E-state index in [0.29, 0.717) is 0 Å². The molecule has 0 fully saturated rings. The molecule has 0 aromatic carbocycles. The van der Waals surface area contributed by atoms with E-state index < -0.39 is 12.5 Å². The largest absolute Gasteiger partial charge is 0.523 e. The highest BCUT2D eigenvalue weighted by Crippen LogP contribution is 2.20. The summed E-state index contributed by atoms with van der Waals surface area (Å²) in [4.78, 5) is 0. The summed E-state index contributed by atoms with van der Waals surface area (Å²) in [7, 11) is 0. The zero-order valence-electron chi connectivity index (χ0n) is 4.85. The van der Waals surface area contributed by atoms with Crippen LogP contribution in [-0.4, -0.2) is 12.5 Å². The second-order valence-corrected chi connectivity index (χ2v) is 1.72. The lowest BCUT2D eigenvalue weighted by molar-refractivity contribution is -0.332. The Kier molecular flexibility index (Phi) is 1.85. The Morgan fingerprint density at radius 2 is 2.10 bits per heavy atom. The summed E-state index contributed by atoms with van der Waals surface area (Å²) in [6.07, 6.45) is -2.89. The first kappa shape index (κ1) is 7.40. The fourth-order valence-corrected chi connectivity index (χ4v) is 0.584. The van der Waals surface area contributed by atoms with Crippen LogP contribution >= 0.6 is 0 Å². The van der Waals surface area contributed by atoms with Crippen molar-refractivity contribution in [2.75, 3.05) is 0 Å². The Hall–Kier alpha value is -0.710. The first-order valence-electron chi connectivity index (χ1n) is 2.58. The number of nitrogens with one attached hydrogen (secondary N) is 1. The van der Waals surface area contributed by atoms with E-state index in [1.54, 1.807) is 0 Å². The van der Waals surface area contributed by atoms with Crippen LogP contribution in [0.1, 0.15) is 0 Å². The molecular weight excluding hydrogens is 147 g/mol. The normalized spacial score (nSPS) is 24.9. The van der Waals surface area contributed by atoms with Gasteiger partial charge in [-0.2, -0.15) is 0 Å². The maximum Gasteiger partial charge on any atom is 0.523 e. The van der Waals surface area contributed by atoms with Gasteiger partial charge in [-0.25, -0.2) is 0 Å². The summed E-state index contributed by atoms with van der Waals surface area (Å²) in [6, 6.07) is 0. The highest BCUT2D eigenvalue weighted by Gasteiger charge is 2.33. The maximum atomic E-state index is 11.4. The van der Waals surface area contributed by atoms with Gasteiger partial charge in [-0.05, 0) is 12.3 Å². The van der Waals surface area contributed by atoms with Gasteiger partial charge in [0.05, 0.1) is 6.54 Å². The fourth-order valence-electron chi connectivity index (χ4n) is 0.584. The van der Waals surface area contributed by atoms with Crippen molar-refractivity contribution in [3.05, 3.63) is 18.8 Å². The maximum absolute atomic E-state index is 11.4. The fraction of sp³-hybridized carbons (Fsp3) is 0.400. The molecular formula is C5H5F3NO. The lowest BCUT2D eigenvalue weighted by Crippen LogP contribution is -2.22. The molecule has 0 bridgehead atoms. The van der Waals surface area contributed by atoms with Crippen LogP contribution in [0.3, 0.4) is 0 Å². The molecule has 0 saturated carbocycles. The molecule has 0 aromatic heterocycles. The van der Waals surface area contributed by atoms with E-state index in [1.807, 2.05) is 0 Å². The van der Waals surface area contributed by atoms with Gasteiger partial charge in [0.25, 0.3) is 0 Å². The molecule has 0 spiro atoms. The van der Waals surface area contributed by atoms with Gasteiger partial charge >= 0.3 is 6.36 Å². The Labute approximate surface area is 55.7 Å². The molecule has 10 heavy (non-hydrogen) atoms. The predicted molar refractivity (Wildman–Crippen MR) is 27.5 cm³/mol. The van der Waals surface area contributed by atoms with E-state index >= 15 is 0 Å². The van der Waals surface area contributed by atoms with Crippen molar-refractivity contribution in [1.29, 1.82) is 0 Å². The number of halogens is 3. The Bertz CT molecular complexity index is 142. The zero-order chi connectivity index (χ0) is 7.61. The minimum absolute atomic E-state index is 0.986. The number of rotatable bonds is 1. The minimum atomic E-state index is -4.56. The van der Waals surface area contributed by atoms with Crippen LogP contribution in [0.5, 0.6) is 0 Å². The van der Waals surface area contributed by atoms with Crippen molar-refractivity contribution < 1.29 is 17.9 Å². The third kappa shape index (κ3) is 2.26. The Morgan fingerprint density at radius 3 is 2.50 bits per heavy atom. The second-order valence-electron chi connectivity index (χ2n) is 1.72. The molecule has 1 atom stereocenters. The molecule has 5 heteroatoms. The van der Waals surface area contributed by atoms with Crippen LogP contribution in [0.25, 0.3) is 0 Å². The first-order chi connectivity index (χ1) is 4.58. The number of hydrogen-bond donors (Lipinski definition) is 1. The molecule has 0 saturated heterocycles. The van der Waals surface area contributed by atoms with E-state index in [2.05, 4.69) is 10.1 Å². The van der Waals surface area contributed by atoms with Crippen LogP contribution in [0.2, 0.25) is 0 Å². The lowest BCUT2D eigenvalue weighted by atomic mass is 10.4. The van der Waals surface area contributed by atoms with Crippen LogP contribution in [-0.2, 0) is 4.74 Å². The van der Waals surface area contributed by atoms with Crippen LogP contribution in [0, 0.1) is 6.54 Å². The van der Waals surface area contributed by atoms with Gasteiger partial charge in [0, 0.05) is 0 Å². The average molecular weight is 152 g/mol. The third-order valence-corrected chi connectivity index (χ3v) is 0.912. The third-order valence-electron chi connectivity index (χ3n) is 0.912. The van der Waals surface area contributed by atoms with Crippen LogP contribution < -0.4 is 5.32 Å². The van der Waals surface area contributed by atoms with Gasteiger partial charge < -0.3 is 5.32 Å². The molecule has 0 aromatic rings. The molecule has 1 N–H and O–H groups in total. The van der Waals surface area contributed by atoms with E-state index in [-0.39, 0.29) is 0 Å². The minimum Gasteiger partial charge on any atom is -0.383 e. The van der Waals surface area contributed by atoms with E-state index in [4.69, 9.17) is 0 Å². The van der Waals surface area contributed by atoms with Crippen molar-refractivity contribution in [2.45, 2.75) is 12.5 Å². The average Bonchev–Trinajstić information content (AvgIpc) is 2.12. The van der Waals surface area contributed by atoms with Crippen molar-refractivity contribution in [2.24, 2.45) is 0 Å². The molecule has 2 nitrogen and oxygen atoms in total. The molecule has 0 amide bonds. The van der Waals surface area contributed by atoms with Crippen molar-refractivity contribution in [3.8, 4) is 0 Å². The highest BCUT2D eigenvalue weighted by atomic mass is 19.4. The monoisotopic (exact) mass is 152 g/mol. The summed E-state index contributed by atoms with van der Waals surface area (Å²) in [5.74, 6) is 0. The first-order valence-corrected chi connectivity index (χ1v) is 2.58. The molecule has 1 aliphatic rings. The lowest BCUT2D eigenvalue weighted by Gasteiger charge is -2.10. The molecule has 1 unspecified atom stereocenters. The zero-order valence-corrected chi connectivity index (χ0v) is 4.85. The topological polar surface area (TPSA) is 21.3 Å². The van der Waals surface area contributed by atoms with Gasteiger partial charge in [0.15, 0.2) is 0 Å². The smallest absolute Gasteiger partial charge is 0.383 e. The summed E-state index contributed by atoms with van der Waals surface area (Å²) in [5.41, 5.74) is 0. The van der Waals surface area contributed by atoms with Gasteiger partial charge in [0.1, 0.15) is 6.10 Å². The van der Waals surface area contributed by atoms with Crippen LogP contribution in [0.15, 0.2) is 12.3 Å². The van der Waals surface area contributed by atoms with Gasteiger partial charge in [-0.15, -0.1) is 13.2 Å². The second kappa shape index (κ2) is 2.49. The van der Waals surface area contributed by atoms with Crippen molar-refractivity contribution in [3.63, 3.8) is 0 Å². The molecule has 0 aliphatic carbocycles. The van der Waals surface area contributed by atoms with Gasteiger partial charge in [-0.1, -0.05) is 0 Å². The predicted octanol–water partition coefficient (Wildman–Crippen LogP) is 1.17. The summed E-state index contributed by atoms with van der Waals surface area (Å²) < 4.78 is 37.8. The number of hydrogen-bond acceptors (Lipinski definition) is 2. The SMILES string of the molecule is FC(F)(F)OC1[CH]NC=C1. The summed E-state index contributed by atoms with van der Waals surface area (Å²) in [6.45, 7) is 1.20. The van der Waals surface area contributed by atoms with Crippen LogP contribution in [0.4, 0.5) is 13.2 Å². The standard InChI is InChI=1S/C5H5F3NO/c6-5(7,8)10-4-1-2-9-3-4/h1-4,9H. The quantitative estimate of drug-likeness (QED) is 0.608. The molecule has 57 valence electrons. The number of alkyl halides is 3. The molecule has 1 heterocycles. The summed E-state index contributed by atoms with van der Waals surface area (Å²) >= 11 is 0. The number of ether oxygens (including phenoxy) is 1. The molecule has 1 aliphatic heterocycles. The van der Waals surface area contributed by atoms with E-state index in [0.717, 1.165) is 0 Å². The highest BCUT2D eigenvalue weighted by molar-refractivity contribution is 5.04. The van der Waals surface area contributed by atoms with Gasteiger partial charge in [-0.3, -0.25) is 4.74 Å². The summed E-state index contributed by atoms with van der Waals surface area (Å²) in [5, 5.41) is 2.46. The van der Waals surface area contributed by atoms with E-state index in [1.165, 1.54) is 18.8 Å². The Morgan fingerprint density at radius 1 is 1.40 bits per heavy atom. The van der Waals surface area contributed by atoms with Crippen molar-refractivity contribution >= 4 is 0 Å². The Balaban J connectivity index is 2.31. The molecule has 1 rings (SSSR count).